The van der Waals surface area contributed by atoms with E-state index in [1.165, 1.54) is 37.7 Å². The van der Waals surface area contributed by atoms with Crippen LogP contribution in [0.5, 0.6) is 5.75 Å². The van der Waals surface area contributed by atoms with Gasteiger partial charge in [-0.2, -0.15) is 0 Å². The molecule has 0 heterocycles. The zero-order chi connectivity index (χ0) is 12.6. The molecule has 2 rings (SSSR count). The molecule has 1 aliphatic rings. The highest BCUT2D eigenvalue weighted by molar-refractivity contribution is 5.85. The molecule has 0 amide bonds. The molecule has 0 aromatic heterocycles. The van der Waals surface area contributed by atoms with E-state index in [4.69, 9.17) is 4.74 Å². The first-order valence-corrected chi connectivity index (χ1v) is 6.90. The van der Waals surface area contributed by atoms with Crippen LogP contribution in [0.4, 0.5) is 0 Å². The van der Waals surface area contributed by atoms with Gasteiger partial charge in [0, 0.05) is 12.1 Å². The van der Waals surface area contributed by atoms with Crippen LogP contribution in [-0.2, 0) is 6.54 Å². The van der Waals surface area contributed by atoms with Crippen molar-refractivity contribution in [2.24, 2.45) is 0 Å². The van der Waals surface area contributed by atoms with E-state index in [0.29, 0.717) is 0 Å². The molecule has 0 unspecified atom stereocenters. The first kappa shape index (κ1) is 16.1. The quantitative estimate of drug-likeness (QED) is 0.626. The summed E-state index contributed by atoms with van der Waals surface area (Å²) in [6.07, 6.45) is 8.94. The predicted octanol–water partition coefficient (Wildman–Crippen LogP) is 4.10. The Labute approximate surface area is 122 Å². The summed E-state index contributed by atoms with van der Waals surface area (Å²) in [5.41, 5.74) is 2.87. The maximum atomic E-state index is 5.34. The lowest BCUT2D eigenvalue weighted by atomic mass is 9.97. The van der Waals surface area contributed by atoms with Crippen LogP contribution in [0, 0.1) is 0 Å². The van der Waals surface area contributed by atoms with Crippen molar-refractivity contribution in [1.82, 2.24) is 5.32 Å². The van der Waals surface area contributed by atoms with E-state index in [2.05, 4.69) is 23.5 Å². The number of halogens is 1. The Balaban J connectivity index is 0.00000180. The highest BCUT2D eigenvalue weighted by Crippen LogP contribution is 2.20. The molecule has 2 nitrogen and oxygen atoms in total. The average molecular weight is 282 g/mol. The zero-order valence-corrected chi connectivity index (χ0v) is 12.5. The smallest absolute Gasteiger partial charge is 0.123 e. The number of methoxy groups -OCH3 is 1. The van der Waals surface area contributed by atoms with Crippen molar-refractivity contribution < 1.29 is 4.74 Å². The standard InChI is InChI=1S/C16H23NO.ClH/c1-18-16-10-6-5-9-15(16)13-17-12-11-14-7-3-2-4-8-14;/h5-7,9-10,17H,2-4,8,11-13H2,1H3;1H. The minimum Gasteiger partial charge on any atom is -0.496 e. The molecule has 0 fully saturated rings. The molecule has 0 bridgehead atoms. The molecule has 3 heteroatoms. The van der Waals surface area contributed by atoms with Gasteiger partial charge in [0.1, 0.15) is 5.75 Å². The van der Waals surface area contributed by atoms with Crippen LogP contribution in [0.3, 0.4) is 0 Å². The van der Waals surface area contributed by atoms with Gasteiger partial charge < -0.3 is 10.1 Å². The number of benzene rings is 1. The lowest BCUT2D eigenvalue weighted by molar-refractivity contribution is 0.407. The summed E-state index contributed by atoms with van der Waals surface area (Å²) in [7, 11) is 1.73. The van der Waals surface area contributed by atoms with Gasteiger partial charge in [0.05, 0.1) is 7.11 Å². The lowest BCUT2D eigenvalue weighted by Crippen LogP contribution is -2.16. The molecular formula is C16H24ClNO. The zero-order valence-electron chi connectivity index (χ0n) is 11.7. The van der Waals surface area contributed by atoms with Crippen molar-refractivity contribution in [3.8, 4) is 5.75 Å². The first-order valence-electron chi connectivity index (χ1n) is 6.90. The van der Waals surface area contributed by atoms with E-state index >= 15 is 0 Å². The normalized spacial score (nSPS) is 14.5. The number of para-hydroxylation sites is 1. The Morgan fingerprint density at radius 3 is 2.79 bits per heavy atom. The summed E-state index contributed by atoms with van der Waals surface area (Å²) in [5, 5.41) is 3.50. The number of ether oxygens (including phenoxy) is 1. The second kappa shape index (κ2) is 9.00. The maximum absolute atomic E-state index is 5.34. The molecule has 1 aliphatic carbocycles. The first-order chi connectivity index (χ1) is 8.90. The Hall–Kier alpha value is -0.990. The Morgan fingerprint density at radius 1 is 1.21 bits per heavy atom. The number of hydrogen-bond acceptors (Lipinski definition) is 2. The molecule has 106 valence electrons. The van der Waals surface area contributed by atoms with E-state index in [-0.39, 0.29) is 12.4 Å². The van der Waals surface area contributed by atoms with Crippen LogP contribution in [0.15, 0.2) is 35.9 Å². The van der Waals surface area contributed by atoms with Crippen molar-refractivity contribution in [3.63, 3.8) is 0 Å². The van der Waals surface area contributed by atoms with Gasteiger partial charge >= 0.3 is 0 Å². The number of hydrogen-bond donors (Lipinski definition) is 1. The number of allylic oxidation sites excluding steroid dienone is 1. The fourth-order valence-electron chi connectivity index (χ4n) is 2.45. The fraction of sp³-hybridized carbons (Fsp3) is 0.500. The molecule has 0 atom stereocenters. The molecule has 19 heavy (non-hydrogen) atoms. The van der Waals surface area contributed by atoms with Crippen LogP contribution >= 0.6 is 12.4 Å². The van der Waals surface area contributed by atoms with Crippen LogP contribution in [-0.4, -0.2) is 13.7 Å². The van der Waals surface area contributed by atoms with Gasteiger partial charge in [0.15, 0.2) is 0 Å². The van der Waals surface area contributed by atoms with Gasteiger partial charge in [-0.15, -0.1) is 12.4 Å². The Bertz CT molecular complexity index is 403. The van der Waals surface area contributed by atoms with Crippen molar-refractivity contribution in [2.45, 2.75) is 38.6 Å². The Morgan fingerprint density at radius 2 is 2.05 bits per heavy atom. The molecule has 0 saturated heterocycles. The van der Waals surface area contributed by atoms with Gasteiger partial charge in [-0.3, -0.25) is 0 Å². The van der Waals surface area contributed by atoms with Gasteiger partial charge in [-0.1, -0.05) is 29.8 Å². The summed E-state index contributed by atoms with van der Waals surface area (Å²) in [5.74, 6) is 0.974. The minimum atomic E-state index is 0. The predicted molar refractivity (Wildman–Crippen MR) is 83.1 cm³/mol. The molecule has 0 spiro atoms. The molecule has 1 aromatic carbocycles. The number of rotatable bonds is 6. The van der Waals surface area contributed by atoms with Gasteiger partial charge in [-0.25, -0.2) is 0 Å². The van der Waals surface area contributed by atoms with E-state index in [1.54, 1.807) is 12.7 Å². The van der Waals surface area contributed by atoms with Crippen molar-refractivity contribution >= 4 is 12.4 Å². The third-order valence-corrected chi connectivity index (χ3v) is 3.52. The van der Waals surface area contributed by atoms with Crippen molar-refractivity contribution in [2.75, 3.05) is 13.7 Å². The van der Waals surface area contributed by atoms with E-state index in [9.17, 15) is 0 Å². The fourth-order valence-corrected chi connectivity index (χ4v) is 2.45. The van der Waals surface area contributed by atoms with Crippen LogP contribution in [0.1, 0.15) is 37.7 Å². The number of nitrogens with one attached hydrogen (secondary N) is 1. The van der Waals surface area contributed by atoms with Crippen molar-refractivity contribution in [3.05, 3.63) is 41.5 Å². The maximum Gasteiger partial charge on any atom is 0.123 e. The minimum absolute atomic E-state index is 0. The van der Waals surface area contributed by atoms with Crippen LogP contribution in [0.2, 0.25) is 0 Å². The van der Waals surface area contributed by atoms with Crippen LogP contribution in [0.25, 0.3) is 0 Å². The second-order valence-corrected chi connectivity index (χ2v) is 4.85. The van der Waals surface area contributed by atoms with Gasteiger partial charge in [0.25, 0.3) is 0 Å². The van der Waals surface area contributed by atoms with Crippen LogP contribution < -0.4 is 10.1 Å². The topological polar surface area (TPSA) is 21.3 Å². The third-order valence-electron chi connectivity index (χ3n) is 3.52. The summed E-state index contributed by atoms with van der Waals surface area (Å²) in [6.45, 7) is 1.95. The lowest BCUT2D eigenvalue weighted by Gasteiger charge is -2.13. The highest BCUT2D eigenvalue weighted by Gasteiger charge is 2.04. The summed E-state index contributed by atoms with van der Waals surface area (Å²) in [6, 6.07) is 8.20. The second-order valence-electron chi connectivity index (χ2n) is 4.85. The van der Waals surface area contributed by atoms with Gasteiger partial charge in [-0.05, 0) is 44.7 Å². The summed E-state index contributed by atoms with van der Waals surface area (Å²) >= 11 is 0. The SMILES string of the molecule is COc1ccccc1CNCCC1=CCCCC1.Cl. The summed E-state index contributed by atoms with van der Waals surface area (Å²) in [4.78, 5) is 0. The van der Waals surface area contributed by atoms with E-state index in [1.807, 2.05) is 12.1 Å². The molecular weight excluding hydrogens is 258 g/mol. The van der Waals surface area contributed by atoms with E-state index < -0.39 is 0 Å². The average Bonchev–Trinajstić information content (AvgIpc) is 2.45. The van der Waals surface area contributed by atoms with Gasteiger partial charge in [0.2, 0.25) is 0 Å². The molecule has 1 aromatic rings. The third kappa shape index (κ3) is 5.25. The van der Waals surface area contributed by atoms with Crippen molar-refractivity contribution in [1.29, 1.82) is 0 Å². The highest BCUT2D eigenvalue weighted by atomic mass is 35.5. The Kier molecular flexibility index (Phi) is 7.61. The molecule has 0 aliphatic heterocycles. The molecule has 0 radical (unpaired) electrons. The monoisotopic (exact) mass is 281 g/mol. The molecule has 0 saturated carbocycles. The largest absolute Gasteiger partial charge is 0.496 e. The van der Waals surface area contributed by atoms with E-state index in [0.717, 1.165) is 18.8 Å². The summed E-state index contributed by atoms with van der Waals surface area (Å²) < 4.78 is 5.34. The molecule has 1 N–H and O–H groups in total.